The fourth-order valence-corrected chi connectivity index (χ4v) is 2.18. The third kappa shape index (κ3) is 5.95. The summed E-state index contributed by atoms with van der Waals surface area (Å²) in [5.74, 6) is -1.89. The van der Waals surface area contributed by atoms with Crippen molar-refractivity contribution in [1.82, 2.24) is 5.32 Å². The average molecular weight is 313 g/mol. The molecule has 0 bridgehead atoms. The summed E-state index contributed by atoms with van der Waals surface area (Å²) in [4.78, 5) is 22.9. The van der Waals surface area contributed by atoms with Gasteiger partial charge >= 0.3 is 5.97 Å². The van der Waals surface area contributed by atoms with E-state index in [9.17, 15) is 19.8 Å². The van der Waals surface area contributed by atoms with Gasteiger partial charge in [0.2, 0.25) is 5.91 Å². The Morgan fingerprint density at radius 3 is 2.43 bits per heavy atom. The molecule has 0 radical (unpaired) electrons. The molecule has 0 unspecified atom stereocenters. The minimum atomic E-state index is -1.15. The van der Waals surface area contributed by atoms with Crippen LogP contribution in [0.5, 0.6) is 11.5 Å². The summed E-state index contributed by atoms with van der Waals surface area (Å²) < 4.78 is 0. The Labute approximate surface area is 127 Å². The normalized spacial score (nSPS) is 12.1. The number of aliphatic carboxylic acids is 1. The van der Waals surface area contributed by atoms with E-state index in [1.807, 2.05) is 13.8 Å². The number of carbonyl (C=O) groups is 2. The van der Waals surface area contributed by atoms with Crippen LogP contribution in [0, 0.1) is 0 Å². The van der Waals surface area contributed by atoms with Crippen LogP contribution in [0.2, 0.25) is 0 Å². The standard InChI is InChI=1S/C14H19NO5S/c1-8(2)21-7-13(18)15-10(14(19)20)5-9-3-4-11(16)12(17)6-9/h3-4,6,8,10,16-17H,5,7H2,1-2H3,(H,15,18)(H,19,20)/t10-/m0/s1. The van der Waals surface area contributed by atoms with Crippen LogP contribution >= 0.6 is 11.8 Å². The van der Waals surface area contributed by atoms with Crippen LogP contribution < -0.4 is 5.32 Å². The minimum Gasteiger partial charge on any atom is -0.504 e. The molecule has 0 aliphatic carbocycles. The molecule has 1 aromatic rings. The highest BCUT2D eigenvalue weighted by atomic mass is 32.2. The summed E-state index contributed by atoms with van der Waals surface area (Å²) >= 11 is 1.43. The first-order valence-corrected chi connectivity index (χ1v) is 7.49. The number of benzene rings is 1. The van der Waals surface area contributed by atoms with Crippen molar-refractivity contribution in [2.24, 2.45) is 0 Å². The fourth-order valence-electron chi connectivity index (χ4n) is 1.61. The maximum Gasteiger partial charge on any atom is 0.326 e. The topological polar surface area (TPSA) is 107 Å². The Kier molecular flexibility index (Phi) is 6.36. The van der Waals surface area contributed by atoms with Gasteiger partial charge in [0.1, 0.15) is 6.04 Å². The average Bonchev–Trinajstić information content (AvgIpc) is 2.39. The minimum absolute atomic E-state index is 0.0290. The van der Waals surface area contributed by atoms with E-state index in [0.29, 0.717) is 5.56 Å². The Hall–Kier alpha value is -1.89. The molecule has 1 atom stereocenters. The number of hydrogen-bond acceptors (Lipinski definition) is 5. The number of phenolic OH excluding ortho intramolecular Hbond substituents is 2. The van der Waals surface area contributed by atoms with Crippen molar-refractivity contribution in [2.75, 3.05) is 5.75 Å². The molecule has 0 aromatic heterocycles. The molecule has 6 nitrogen and oxygen atoms in total. The smallest absolute Gasteiger partial charge is 0.326 e. The summed E-state index contributed by atoms with van der Waals surface area (Å²) in [5.41, 5.74) is 0.509. The van der Waals surface area contributed by atoms with Gasteiger partial charge in [0.25, 0.3) is 0 Å². The van der Waals surface area contributed by atoms with Gasteiger partial charge in [-0.25, -0.2) is 4.79 Å². The van der Waals surface area contributed by atoms with Crippen LogP contribution in [0.15, 0.2) is 18.2 Å². The summed E-state index contributed by atoms with van der Waals surface area (Å²) in [6.07, 6.45) is 0.0290. The highest BCUT2D eigenvalue weighted by Gasteiger charge is 2.21. The van der Waals surface area contributed by atoms with Gasteiger partial charge in [-0.05, 0) is 22.9 Å². The number of carbonyl (C=O) groups excluding carboxylic acids is 1. The molecule has 1 aromatic carbocycles. The van der Waals surface area contributed by atoms with Crippen molar-refractivity contribution in [1.29, 1.82) is 0 Å². The number of aromatic hydroxyl groups is 2. The SMILES string of the molecule is CC(C)SCC(=O)N[C@@H](Cc1ccc(O)c(O)c1)C(=O)O. The van der Waals surface area contributed by atoms with Crippen molar-refractivity contribution < 1.29 is 24.9 Å². The Bertz CT molecular complexity index is 518. The van der Waals surface area contributed by atoms with Gasteiger partial charge in [0.15, 0.2) is 11.5 Å². The molecule has 4 N–H and O–H groups in total. The largest absolute Gasteiger partial charge is 0.504 e. The van der Waals surface area contributed by atoms with Gasteiger partial charge in [-0.15, -0.1) is 11.8 Å². The lowest BCUT2D eigenvalue weighted by Gasteiger charge is -2.15. The second-order valence-corrected chi connectivity index (χ2v) is 6.41. The molecular weight excluding hydrogens is 294 g/mol. The molecule has 7 heteroatoms. The van der Waals surface area contributed by atoms with Gasteiger partial charge in [-0.2, -0.15) is 0 Å². The number of carboxylic acid groups (broad SMARTS) is 1. The summed E-state index contributed by atoms with van der Waals surface area (Å²) in [6.45, 7) is 3.90. The maximum atomic E-state index is 11.7. The molecule has 0 heterocycles. The lowest BCUT2D eigenvalue weighted by molar-refractivity contribution is -0.141. The zero-order valence-electron chi connectivity index (χ0n) is 11.9. The van der Waals surface area contributed by atoms with Gasteiger partial charge < -0.3 is 20.6 Å². The van der Waals surface area contributed by atoms with Crippen molar-refractivity contribution in [3.05, 3.63) is 23.8 Å². The van der Waals surface area contributed by atoms with Crippen LogP contribution in [0.25, 0.3) is 0 Å². The molecule has 1 amide bonds. The molecule has 21 heavy (non-hydrogen) atoms. The van der Waals surface area contributed by atoms with Gasteiger partial charge in [0, 0.05) is 6.42 Å². The third-order valence-electron chi connectivity index (χ3n) is 2.66. The highest BCUT2D eigenvalue weighted by Crippen LogP contribution is 2.25. The van der Waals surface area contributed by atoms with E-state index in [1.54, 1.807) is 0 Å². The van der Waals surface area contributed by atoms with Crippen molar-refractivity contribution in [2.45, 2.75) is 31.6 Å². The highest BCUT2D eigenvalue weighted by molar-refractivity contribution is 8.00. The monoisotopic (exact) mass is 313 g/mol. The van der Waals surface area contributed by atoms with Crippen LogP contribution in [-0.2, 0) is 16.0 Å². The summed E-state index contributed by atoms with van der Waals surface area (Å²) in [6, 6.07) is 2.98. The molecule has 0 aliphatic rings. The van der Waals surface area contributed by atoms with Gasteiger partial charge in [0.05, 0.1) is 5.75 Å². The van der Waals surface area contributed by atoms with E-state index in [4.69, 9.17) is 5.11 Å². The lowest BCUT2D eigenvalue weighted by Crippen LogP contribution is -2.43. The Balaban J connectivity index is 2.67. The zero-order valence-corrected chi connectivity index (χ0v) is 12.7. The van der Waals surface area contributed by atoms with Crippen molar-refractivity contribution in [3.63, 3.8) is 0 Å². The molecule has 1 rings (SSSR count). The molecule has 0 saturated carbocycles. The Morgan fingerprint density at radius 1 is 1.24 bits per heavy atom. The van der Waals surface area contributed by atoms with E-state index >= 15 is 0 Å². The van der Waals surface area contributed by atoms with Crippen LogP contribution in [0.1, 0.15) is 19.4 Å². The maximum absolute atomic E-state index is 11.7. The number of thioether (sulfide) groups is 1. The van der Waals surface area contributed by atoms with Crippen LogP contribution in [-0.4, -0.2) is 44.2 Å². The number of hydrogen-bond donors (Lipinski definition) is 4. The number of phenols is 2. The number of amides is 1. The van der Waals surface area contributed by atoms with E-state index in [1.165, 1.54) is 30.0 Å². The van der Waals surface area contributed by atoms with Crippen molar-refractivity contribution >= 4 is 23.6 Å². The number of carboxylic acids is 1. The molecule has 0 fully saturated rings. The van der Waals surface area contributed by atoms with Gasteiger partial charge in [-0.1, -0.05) is 19.9 Å². The summed E-state index contributed by atoms with van der Waals surface area (Å²) in [7, 11) is 0. The fraction of sp³-hybridized carbons (Fsp3) is 0.429. The van der Waals surface area contributed by atoms with Gasteiger partial charge in [-0.3, -0.25) is 4.79 Å². The third-order valence-corrected chi connectivity index (χ3v) is 3.76. The van der Waals surface area contributed by atoms with E-state index < -0.39 is 12.0 Å². The quantitative estimate of drug-likeness (QED) is 0.566. The summed E-state index contributed by atoms with van der Waals surface area (Å²) in [5, 5.41) is 30.5. The van der Waals surface area contributed by atoms with Crippen molar-refractivity contribution in [3.8, 4) is 11.5 Å². The second-order valence-electron chi connectivity index (χ2n) is 4.85. The van der Waals surface area contributed by atoms with Crippen LogP contribution in [0.3, 0.4) is 0 Å². The van der Waals surface area contributed by atoms with E-state index in [2.05, 4.69) is 5.32 Å². The number of rotatable bonds is 7. The van der Waals surface area contributed by atoms with E-state index in [0.717, 1.165) is 0 Å². The van der Waals surface area contributed by atoms with Crippen LogP contribution in [0.4, 0.5) is 0 Å². The zero-order chi connectivity index (χ0) is 16.0. The van der Waals surface area contributed by atoms with E-state index in [-0.39, 0.29) is 34.8 Å². The second kappa shape index (κ2) is 7.78. The molecular formula is C14H19NO5S. The predicted octanol–water partition coefficient (Wildman–Crippen LogP) is 1.35. The lowest BCUT2D eigenvalue weighted by atomic mass is 10.1. The number of nitrogens with one attached hydrogen (secondary N) is 1. The predicted molar refractivity (Wildman–Crippen MR) is 80.6 cm³/mol. The molecule has 0 saturated heterocycles. The molecule has 0 aliphatic heterocycles. The Morgan fingerprint density at radius 2 is 1.90 bits per heavy atom. The first kappa shape index (κ1) is 17.2. The first-order valence-electron chi connectivity index (χ1n) is 6.44. The molecule has 0 spiro atoms. The first-order chi connectivity index (χ1) is 9.79. The molecule has 116 valence electrons.